The Bertz CT molecular complexity index is 1250. The highest BCUT2D eigenvalue weighted by atomic mass is 32.1. The summed E-state index contributed by atoms with van der Waals surface area (Å²) in [4.78, 5) is 41.1. The summed E-state index contributed by atoms with van der Waals surface area (Å²) < 4.78 is 11.2. The van der Waals surface area contributed by atoms with Crippen LogP contribution in [0.2, 0.25) is 0 Å². The minimum absolute atomic E-state index is 0.198. The number of rotatable bonds is 8. The van der Waals surface area contributed by atoms with Gasteiger partial charge in [0, 0.05) is 31.9 Å². The number of aromatic nitrogens is 3. The summed E-state index contributed by atoms with van der Waals surface area (Å²) in [5.41, 5.74) is 0.463. The SMILES string of the molecule is Cc1nc(Nc2ncc(-c3ccccc3)s2)cc(OCCNC(=O)[C@@H]2CNCCN2C(=O)OC(C)(C)C)n1. The molecule has 1 aliphatic heterocycles. The number of hydrogen-bond acceptors (Lipinski definition) is 10. The van der Waals surface area contributed by atoms with Crippen LogP contribution in [0.15, 0.2) is 42.6 Å². The Kier molecular flexibility index (Phi) is 8.74. The zero-order valence-electron chi connectivity index (χ0n) is 22.0. The quantitative estimate of drug-likeness (QED) is 0.369. The molecule has 3 heterocycles. The lowest BCUT2D eigenvalue weighted by atomic mass is 10.1. The number of carbonyl (C=O) groups excluding carboxylic acids is 2. The number of nitrogens with one attached hydrogen (secondary N) is 3. The van der Waals surface area contributed by atoms with E-state index in [1.807, 2.05) is 36.5 Å². The molecule has 3 N–H and O–H groups in total. The van der Waals surface area contributed by atoms with Crippen molar-refractivity contribution < 1.29 is 19.1 Å². The molecule has 1 saturated heterocycles. The van der Waals surface area contributed by atoms with Crippen molar-refractivity contribution >= 4 is 34.3 Å². The first-order chi connectivity index (χ1) is 18.2. The predicted molar refractivity (Wildman–Crippen MR) is 146 cm³/mol. The number of amides is 2. The number of piperazine rings is 1. The Morgan fingerprint density at radius 1 is 1.21 bits per heavy atom. The van der Waals surface area contributed by atoms with E-state index in [1.165, 1.54) is 16.2 Å². The molecule has 11 nitrogen and oxygen atoms in total. The number of thiazole rings is 1. The molecule has 2 aromatic heterocycles. The van der Waals surface area contributed by atoms with Gasteiger partial charge in [0.2, 0.25) is 11.8 Å². The normalized spacial score (nSPS) is 15.6. The number of hydrogen-bond donors (Lipinski definition) is 3. The van der Waals surface area contributed by atoms with Crippen molar-refractivity contribution in [3.8, 4) is 16.3 Å². The van der Waals surface area contributed by atoms with Crippen LogP contribution < -0.4 is 20.7 Å². The fourth-order valence-electron chi connectivity index (χ4n) is 3.78. The minimum Gasteiger partial charge on any atom is -0.476 e. The van der Waals surface area contributed by atoms with Gasteiger partial charge in [-0.25, -0.2) is 14.8 Å². The van der Waals surface area contributed by atoms with Gasteiger partial charge in [-0.3, -0.25) is 9.69 Å². The summed E-state index contributed by atoms with van der Waals surface area (Å²) >= 11 is 1.52. The highest BCUT2D eigenvalue weighted by Gasteiger charge is 2.34. The molecule has 2 amide bonds. The van der Waals surface area contributed by atoms with Crippen molar-refractivity contribution in [2.24, 2.45) is 0 Å². The third-order valence-electron chi connectivity index (χ3n) is 5.44. The molecule has 1 aromatic carbocycles. The van der Waals surface area contributed by atoms with E-state index in [-0.39, 0.29) is 19.1 Å². The van der Waals surface area contributed by atoms with E-state index in [1.54, 1.807) is 33.8 Å². The van der Waals surface area contributed by atoms with E-state index < -0.39 is 17.7 Å². The van der Waals surface area contributed by atoms with Gasteiger partial charge >= 0.3 is 6.09 Å². The molecule has 1 aliphatic rings. The highest BCUT2D eigenvalue weighted by Crippen LogP contribution is 2.30. The van der Waals surface area contributed by atoms with Crippen molar-refractivity contribution in [2.75, 3.05) is 38.1 Å². The van der Waals surface area contributed by atoms with E-state index in [2.05, 4.69) is 30.9 Å². The van der Waals surface area contributed by atoms with Crippen molar-refractivity contribution in [1.82, 2.24) is 30.5 Å². The molecule has 0 radical (unpaired) electrons. The summed E-state index contributed by atoms with van der Waals surface area (Å²) in [6.07, 6.45) is 1.32. The average molecular weight is 540 g/mol. The van der Waals surface area contributed by atoms with Gasteiger partial charge in [0.25, 0.3) is 0 Å². The summed E-state index contributed by atoms with van der Waals surface area (Å²) in [5, 5.41) is 9.90. The second-order valence-corrected chi connectivity index (χ2v) is 10.7. The van der Waals surface area contributed by atoms with Crippen LogP contribution in [0.3, 0.4) is 0 Å². The van der Waals surface area contributed by atoms with E-state index in [0.717, 1.165) is 10.4 Å². The first-order valence-corrected chi connectivity index (χ1v) is 13.2. The van der Waals surface area contributed by atoms with Crippen LogP contribution in [0.1, 0.15) is 26.6 Å². The smallest absolute Gasteiger partial charge is 0.411 e. The molecular weight excluding hydrogens is 506 g/mol. The van der Waals surface area contributed by atoms with Crippen LogP contribution in [0.4, 0.5) is 15.7 Å². The van der Waals surface area contributed by atoms with Gasteiger partial charge in [-0.05, 0) is 33.3 Å². The third kappa shape index (κ3) is 7.62. The van der Waals surface area contributed by atoms with Gasteiger partial charge in [-0.15, -0.1) is 0 Å². The maximum Gasteiger partial charge on any atom is 0.411 e. The van der Waals surface area contributed by atoms with Gasteiger partial charge < -0.3 is 25.4 Å². The van der Waals surface area contributed by atoms with Crippen LogP contribution in [0, 0.1) is 6.92 Å². The lowest BCUT2D eigenvalue weighted by Crippen LogP contribution is -2.60. The van der Waals surface area contributed by atoms with Crippen LogP contribution in [0.25, 0.3) is 10.4 Å². The number of benzene rings is 1. The summed E-state index contributed by atoms with van der Waals surface area (Å²) in [7, 11) is 0. The first kappa shape index (κ1) is 27.3. The Hall–Kier alpha value is -3.77. The predicted octanol–water partition coefficient (Wildman–Crippen LogP) is 3.36. The maximum absolute atomic E-state index is 12.8. The molecule has 0 saturated carbocycles. The molecule has 202 valence electrons. The van der Waals surface area contributed by atoms with Crippen molar-refractivity contribution in [2.45, 2.75) is 39.3 Å². The van der Waals surface area contributed by atoms with Crippen LogP contribution in [-0.4, -0.2) is 76.3 Å². The average Bonchev–Trinajstić information content (AvgIpc) is 3.34. The number of nitrogens with zero attached hydrogens (tertiary/aromatic N) is 4. The van der Waals surface area contributed by atoms with Gasteiger partial charge in [-0.1, -0.05) is 41.7 Å². The number of anilines is 2. The van der Waals surface area contributed by atoms with Gasteiger partial charge in [0.05, 0.1) is 11.4 Å². The molecule has 12 heteroatoms. The second-order valence-electron chi connectivity index (χ2n) is 9.69. The van der Waals surface area contributed by atoms with Crippen LogP contribution >= 0.6 is 11.3 Å². The Labute approximate surface area is 226 Å². The zero-order valence-corrected chi connectivity index (χ0v) is 22.8. The topological polar surface area (TPSA) is 131 Å². The first-order valence-electron chi connectivity index (χ1n) is 12.4. The van der Waals surface area contributed by atoms with Crippen molar-refractivity contribution in [3.63, 3.8) is 0 Å². The number of aryl methyl sites for hydroxylation is 1. The monoisotopic (exact) mass is 539 g/mol. The van der Waals surface area contributed by atoms with Gasteiger partial charge in [-0.2, -0.15) is 4.98 Å². The van der Waals surface area contributed by atoms with Crippen LogP contribution in [-0.2, 0) is 9.53 Å². The molecule has 0 unspecified atom stereocenters. The maximum atomic E-state index is 12.8. The standard InChI is InChI=1S/C26H33N7O4S/c1-17-30-21(32-24-29-16-20(38-24)18-8-6-5-7-9-18)14-22(31-17)36-13-11-28-23(34)19-15-27-10-12-33(19)25(35)37-26(2,3)4/h5-9,14,16,19,27H,10-13,15H2,1-4H3,(H,28,34)(H,29,30,31,32)/t19-/m0/s1. The summed E-state index contributed by atoms with van der Waals surface area (Å²) in [6, 6.07) is 11.1. The zero-order chi connectivity index (χ0) is 27.1. The van der Waals surface area contributed by atoms with E-state index >= 15 is 0 Å². The lowest BCUT2D eigenvalue weighted by molar-refractivity contribution is -0.127. The molecule has 1 fully saturated rings. The molecule has 3 aromatic rings. The van der Waals surface area contributed by atoms with E-state index in [4.69, 9.17) is 9.47 Å². The molecular formula is C26H33N7O4S. The number of ether oxygens (including phenoxy) is 2. The van der Waals surface area contributed by atoms with Crippen LogP contribution in [0.5, 0.6) is 5.88 Å². The molecule has 0 bridgehead atoms. The van der Waals surface area contributed by atoms with E-state index in [0.29, 0.717) is 42.3 Å². The van der Waals surface area contributed by atoms with Crippen molar-refractivity contribution in [3.05, 3.63) is 48.4 Å². The molecule has 0 aliphatic carbocycles. The number of carbonyl (C=O) groups is 2. The fraction of sp³-hybridized carbons (Fsp3) is 0.423. The largest absolute Gasteiger partial charge is 0.476 e. The van der Waals surface area contributed by atoms with E-state index in [9.17, 15) is 9.59 Å². The third-order valence-corrected chi connectivity index (χ3v) is 6.40. The minimum atomic E-state index is -0.658. The Morgan fingerprint density at radius 3 is 2.76 bits per heavy atom. The summed E-state index contributed by atoms with van der Waals surface area (Å²) in [6.45, 7) is 8.97. The van der Waals surface area contributed by atoms with Crippen molar-refractivity contribution in [1.29, 1.82) is 0 Å². The molecule has 38 heavy (non-hydrogen) atoms. The van der Waals surface area contributed by atoms with Gasteiger partial charge in [0.15, 0.2) is 5.13 Å². The van der Waals surface area contributed by atoms with Gasteiger partial charge in [0.1, 0.15) is 29.9 Å². The summed E-state index contributed by atoms with van der Waals surface area (Å²) in [5.74, 6) is 1.21. The molecule has 4 rings (SSSR count). The second kappa shape index (κ2) is 12.2. The lowest BCUT2D eigenvalue weighted by Gasteiger charge is -2.36. The Balaban J connectivity index is 1.29. The fourth-order valence-corrected chi connectivity index (χ4v) is 4.61. The Morgan fingerprint density at radius 2 is 2.00 bits per heavy atom. The highest BCUT2D eigenvalue weighted by molar-refractivity contribution is 7.18. The molecule has 0 spiro atoms. The molecule has 1 atom stereocenters.